The number of hydrogen-bond donors (Lipinski definition) is 1. The first-order valence-electron chi connectivity index (χ1n) is 11.0. The van der Waals surface area contributed by atoms with Gasteiger partial charge in [0.05, 0.1) is 24.1 Å². The van der Waals surface area contributed by atoms with Crippen molar-refractivity contribution in [3.05, 3.63) is 64.3 Å². The number of ether oxygens (including phenoxy) is 1. The third-order valence-corrected chi connectivity index (χ3v) is 5.66. The van der Waals surface area contributed by atoms with Gasteiger partial charge in [-0.2, -0.15) is 0 Å². The zero-order valence-electron chi connectivity index (χ0n) is 18.8. The topological polar surface area (TPSA) is 92.1 Å². The van der Waals surface area contributed by atoms with E-state index in [1.54, 1.807) is 36.1 Å². The van der Waals surface area contributed by atoms with Crippen molar-refractivity contribution in [2.45, 2.75) is 13.8 Å². The Hall–Kier alpha value is -3.65. The van der Waals surface area contributed by atoms with Crippen molar-refractivity contribution >= 4 is 28.9 Å². The SMILES string of the molecule is CCOC(=O)N1CCN(CC(=O)Nc2oc3ccccc3c(=O)c2-c2ccc(C)cc2)CC1. The molecule has 8 nitrogen and oxygen atoms in total. The van der Waals surface area contributed by atoms with Gasteiger partial charge in [-0.1, -0.05) is 42.0 Å². The molecule has 0 bridgehead atoms. The number of aryl methyl sites for hydroxylation is 1. The summed E-state index contributed by atoms with van der Waals surface area (Å²) in [6, 6.07) is 14.5. The molecule has 1 aromatic heterocycles. The number of benzene rings is 2. The fourth-order valence-electron chi connectivity index (χ4n) is 3.88. The van der Waals surface area contributed by atoms with Gasteiger partial charge in [0.1, 0.15) is 5.58 Å². The molecule has 2 heterocycles. The lowest BCUT2D eigenvalue weighted by atomic mass is 10.0. The molecular weight excluding hydrogens is 422 g/mol. The van der Waals surface area contributed by atoms with Crippen molar-refractivity contribution in [1.29, 1.82) is 0 Å². The van der Waals surface area contributed by atoms with Gasteiger partial charge in [-0.25, -0.2) is 4.79 Å². The maximum absolute atomic E-state index is 13.3. The molecule has 0 saturated carbocycles. The highest BCUT2D eigenvalue weighted by Gasteiger charge is 2.24. The Bertz CT molecular complexity index is 1210. The van der Waals surface area contributed by atoms with Crippen molar-refractivity contribution in [1.82, 2.24) is 9.80 Å². The summed E-state index contributed by atoms with van der Waals surface area (Å²) in [5, 5.41) is 3.27. The van der Waals surface area contributed by atoms with E-state index in [1.807, 2.05) is 36.1 Å². The Morgan fingerprint density at radius 2 is 1.73 bits per heavy atom. The molecule has 0 atom stereocenters. The number of piperazine rings is 1. The molecule has 1 N–H and O–H groups in total. The van der Waals surface area contributed by atoms with Gasteiger partial charge in [-0.3, -0.25) is 19.8 Å². The Balaban J connectivity index is 1.54. The van der Waals surface area contributed by atoms with Gasteiger partial charge in [-0.05, 0) is 31.5 Å². The average molecular weight is 450 g/mol. The van der Waals surface area contributed by atoms with Crippen LogP contribution in [0.3, 0.4) is 0 Å². The first-order valence-corrected chi connectivity index (χ1v) is 11.0. The zero-order chi connectivity index (χ0) is 23.4. The lowest BCUT2D eigenvalue weighted by molar-refractivity contribution is -0.117. The van der Waals surface area contributed by atoms with E-state index in [9.17, 15) is 14.4 Å². The van der Waals surface area contributed by atoms with E-state index in [0.29, 0.717) is 54.9 Å². The molecule has 33 heavy (non-hydrogen) atoms. The summed E-state index contributed by atoms with van der Waals surface area (Å²) in [6.45, 7) is 6.29. The van der Waals surface area contributed by atoms with E-state index in [0.717, 1.165) is 5.56 Å². The zero-order valence-corrected chi connectivity index (χ0v) is 18.8. The standard InChI is InChI=1S/C25H27N3O5/c1-3-32-25(31)28-14-12-27(13-15-28)16-21(29)26-24-22(18-10-8-17(2)9-11-18)23(30)19-6-4-5-7-20(19)33-24/h4-11H,3,12-16H2,1-2H3,(H,26,29). The number of rotatable bonds is 5. The van der Waals surface area contributed by atoms with E-state index in [4.69, 9.17) is 9.15 Å². The first-order chi connectivity index (χ1) is 16.0. The highest BCUT2D eigenvalue weighted by molar-refractivity contribution is 5.97. The van der Waals surface area contributed by atoms with Crippen LogP contribution in [0.1, 0.15) is 12.5 Å². The molecule has 2 amide bonds. The van der Waals surface area contributed by atoms with Crippen LogP contribution in [-0.2, 0) is 9.53 Å². The molecule has 3 aromatic rings. The Morgan fingerprint density at radius 3 is 2.42 bits per heavy atom. The van der Waals surface area contributed by atoms with Crippen molar-refractivity contribution in [2.24, 2.45) is 0 Å². The largest absolute Gasteiger partial charge is 0.450 e. The van der Waals surface area contributed by atoms with E-state index in [-0.39, 0.29) is 29.9 Å². The first kappa shape index (κ1) is 22.5. The highest BCUT2D eigenvalue weighted by atomic mass is 16.6. The summed E-state index contributed by atoms with van der Waals surface area (Å²) in [5.74, 6) is -0.149. The summed E-state index contributed by atoms with van der Waals surface area (Å²) in [5.41, 5.74) is 2.29. The van der Waals surface area contributed by atoms with Crippen LogP contribution in [0.4, 0.5) is 10.7 Å². The maximum Gasteiger partial charge on any atom is 0.409 e. The second kappa shape index (κ2) is 9.87. The fraction of sp³-hybridized carbons (Fsp3) is 0.320. The van der Waals surface area contributed by atoms with Crippen LogP contribution < -0.4 is 10.7 Å². The van der Waals surface area contributed by atoms with Gasteiger partial charge >= 0.3 is 6.09 Å². The minimum atomic E-state index is -0.331. The Morgan fingerprint density at radius 1 is 1.03 bits per heavy atom. The van der Waals surface area contributed by atoms with E-state index in [2.05, 4.69) is 5.32 Å². The molecule has 1 fully saturated rings. The predicted molar refractivity (Wildman–Crippen MR) is 126 cm³/mol. The fourth-order valence-corrected chi connectivity index (χ4v) is 3.88. The molecule has 1 aliphatic rings. The monoisotopic (exact) mass is 449 g/mol. The summed E-state index contributed by atoms with van der Waals surface area (Å²) >= 11 is 0. The molecule has 0 aliphatic carbocycles. The van der Waals surface area contributed by atoms with Crippen molar-refractivity contribution < 1.29 is 18.7 Å². The molecule has 2 aromatic carbocycles. The molecule has 0 spiro atoms. The third-order valence-electron chi connectivity index (χ3n) is 5.66. The quantitative estimate of drug-likeness (QED) is 0.641. The Labute approximate surface area is 191 Å². The van der Waals surface area contributed by atoms with Gasteiger partial charge in [0.2, 0.25) is 17.2 Å². The number of fused-ring (bicyclic) bond motifs is 1. The van der Waals surface area contributed by atoms with E-state index < -0.39 is 0 Å². The number of nitrogens with one attached hydrogen (secondary N) is 1. The number of anilines is 1. The van der Waals surface area contributed by atoms with Crippen molar-refractivity contribution in [3.63, 3.8) is 0 Å². The number of amides is 2. The number of hydrogen-bond acceptors (Lipinski definition) is 6. The Kier molecular flexibility index (Phi) is 6.74. The van der Waals surface area contributed by atoms with Crippen LogP contribution in [0.2, 0.25) is 0 Å². The summed E-state index contributed by atoms with van der Waals surface area (Å²) in [4.78, 5) is 41.6. The second-order valence-electron chi connectivity index (χ2n) is 8.01. The summed E-state index contributed by atoms with van der Waals surface area (Å²) < 4.78 is 11.0. The lowest BCUT2D eigenvalue weighted by Crippen LogP contribution is -2.50. The van der Waals surface area contributed by atoms with Gasteiger partial charge in [-0.15, -0.1) is 0 Å². The van der Waals surface area contributed by atoms with Crippen LogP contribution in [0.25, 0.3) is 22.1 Å². The van der Waals surface area contributed by atoms with Gasteiger partial charge in [0.15, 0.2) is 0 Å². The molecule has 8 heteroatoms. The minimum Gasteiger partial charge on any atom is -0.450 e. The second-order valence-corrected chi connectivity index (χ2v) is 8.01. The third kappa shape index (κ3) is 5.06. The number of para-hydroxylation sites is 1. The summed E-state index contributed by atoms with van der Waals surface area (Å²) in [6.07, 6.45) is -0.331. The van der Waals surface area contributed by atoms with Gasteiger partial charge < -0.3 is 14.1 Å². The number of carbonyl (C=O) groups excluding carboxylic acids is 2. The van der Waals surface area contributed by atoms with Crippen LogP contribution >= 0.6 is 0 Å². The molecular formula is C25H27N3O5. The van der Waals surface area contributed by atoms with E-state index in [1.165, 1.54) is 0 Å². The average Bonchev–Trinajstić information content (AvgIpc) is 2.81. The lowest BCUT2D eigenvalue weighted by Gasteiger charge is -2.33. The van der Waals surface area contributed by atoms with E-state index >= 15 is 0 Å². The van der Waals surface area contributed by atoms with Crippen LogP contribution in [0.15, 0.2) is 57.7 Å². The molecule has 1 saturated heterocycles. The highest BCUT2D eigenvalue weighted by Crippen LogP contribution is 2.29. The molecule has 4 rings (SSSR count). The molecule has 172 valence electrons. The molecule has 0 unspecified atom stereocenters. The van der Waals surface area contributed by atoms with Gasteiger partial charge in [0, 0.05) is 26.2 Å². The normalized spacial score (nSPS) is 14.3. The minimum absolute atomic E-state index is 0.126. The van der Waals surface area contributed by atoms with Gasteiger partial charge in [0.25, 0.3) is 0 Å². The molecule has 1 aliphatic heterocycles. The molecule has 0 radical (unpaired) electrons. The van der Waals surface area contributed by atoms with Crippen LogP contribution in [0.5, 0.6) is 0 Å². The number of carbonyl (C=O) groups is 2. The van der Waals surface area contributed by atoms with Crippen LogP contribution in [-0.4, -0.2) is 61.1 Å². The smallest absolute Gasteiger partial charge is 0.409 e. The summed E-state index contributed by atoms with van der Waals surface area (Å²) in [7, 11) is 0. The van der Waals surface area contributed by atoms with Crippen molar-refractivity contribution in [2.75, 3.05) is 44.6 Å². The van der Waals surface area contributed by atoms with Crippen molar-refractivity contribution in [3.8, 4) is 11.1 Å². The van der Waals surface area contributed by atoms with Crippen LogP contribution in [0, 0.1) is 6.92 Å². The predicted octanol–water partition coefficient (Wildman–Crippen LogP) is 3.48. The maximum atomic E-state index is 13.3. The number of nitrogens with zero attached hydrogens (tertiary/aromatic N) is 2.